The summed E-state index contributed by atoms with van der Waals surface area (Å²) >= 11 is 7.44. The minimum atomic E-state index is -0.280. The molecule has 112 valence electrons. The molecule has 1 amide bonds. The first-order chi connectivity index (χ1) is 10.5. The van der Waals surface area contributed by atoms with Gasteiger partial charge in [-0.25, -0.2) is 0 Å². The van der Waals surface area contributed by atoms with Gasteiger partial charge >= 0.3 is 0 Å². The van der Waals surface area contributed by atoms with Crippen molar-refractivity contribution in [3.8, 4) is 0 Å². The predicted molar refractivity (Wildman–Crippen MR) is 91.6 cm³/mol. The van der Waals surface area contributed by atoms with Gasteiger partial charge in [-0.3, -0.25) is 4.79 Å². The molecule has 0 atom stereocenters. The number of rotatable bonds is 1. The summed E-state index contributed by atoms with van der Waals surface area (Å²) in [5, 5.41) is 0.535. The van der Waals surface area contributed by atoms with Gasteiger partial charge < -0.3 is 4.57 Å². The molecule has 0 bridgehead atoms. The van der Waals surface area contributed by atoms with Crippen molar-refractivity contribution in [2.24, 2.45) is 12.0 Å². The maximum atomic E-state index is 12.3. The molecule has 3 aromatic rings. The molecule has 0 unspecified atom stereocenters. The van der Waals surface area contributed by atoms with Crippen LogP contribution in [0.2, 0.25) is 5.02 Å². The van der Waals surface area contributed by atoms with Crippen LogP contribution >= 0.6 is 22.9 Å². The summed E-state index contributed by atoms with van der Waals surface area (Å²) in [6.07, 6.45) is 0. The molecule has 0 fully saturated rings. The Morgan fingerprint density at radius 1 is 1.18 bits per heavy atom. The van der Waals surface area contributed by atoms with Gasteiger partial charge in [-0.05, 0) is 55.3 Å². The van der Waals surface area contributed by atoms with Gasteiger partial charge in [-0.15, -0.1) is 0 Å². The van der Waals surface area contributed by atoms with E-state index in [1.165, 1.54) is 22.5 Å². The second-order valence-corrected chi connectivity index (χ2v) is 6.72. The third kappa shape index (κ3) is 2.72. The fourth-order valence-electron chi connectivity index (χ4n) is 2.26. The van der Waals surface area contributed by atoms with Gasteiger partial charge in [0, 0.05) is 17.6 Å². The van der Waals surface area contributed by atoms with Crippen molar-refractivity contribution >= 4 is 39.1 Å². The number of nitrogens with zero attached hydrogens (tertiary/aromatic N) is 2. The first kappa shape index (κ1) is 15.0. The van der Waals surface area contributed by atoms with E-state index in [2.05, 4.69) is 31.0 Å². The van der Waals surface area contributed by atoms with E-state index in [9.17, 15) is 4.79 Å². The van der Waals surface area contributed by atoms with Crippen molar-refractivity contribution in [3.63, 3.8) is 0 Å². The van der Waals surface area contributed by atoms with Crippen LogP contribution < -0.4 is 4.80 Å². The number of carbonyl (C=O) groups excluding carboxylic acids is 1. The van der Waals surface area contributed by atoms with E-state index in [0.717, 1.165) is 10.2 Å². The van der Waals surface area contributed by atoms with Gasteiger partial charge in [-0.1, -0.05) is 29.0 Å². The molecule has 3 nitrogen and oxygen atoms in total. The number of benzene rings is 2. The Bertz CT molecular complexity index is 953. The summed E-state index contributed by atoms with van der Waals surface area (Å²) in [5.41, 5.74) is 4.05. The number of hydrogen-bond donors (Lipinski definition) is 0. The Morgan fingerprint density at radius 3 is 2.64 bits per heavy atom. The summed E-state index contributed by atoms with van der Waals surface area (Å²) < 4.78 is 3.08. The van der Waals surface area contributed by atoms with Crippen LogP contribution in [-0.4, -0.2) is 10.5 Å². The first-order valence-corrected chi connectivity index (χ1v) is 8.06. The number of aromatic nitrogens is 1. The van der Waals surface area contributed by atoms with Gasteiger partial charge in [0.25, 0.3) is 5.91 Å². The highest BCUT2D eigenvalue weighted by atomic mass is 35.5. The number of amides is 1. The SMILES string of the molecule is Cc1cc2sc(=NC(=O)c3cccc(Cl)c3)n(C)c2cc1C. The van der Waals surface area contributed by atoms with Crippen molar-refractivity contribution in [2.45, 2.75) is 13.8 Å². The lowest BCUT2D eigenvalue weighted by Crippen LogP contribution is -2.13. The van der Waals surface area contributed by atoms with E-state index < -0.39 is 0 Å². The van der Waals surface area contributed by atoms with Crippen molar-refractivity contribution < 1.29 is 4.79 Å². The maximum Gasteiger partial charge on any atom is 0.279 e. The Balaban J connectivity index is 2.13. The van der Waals surface area contributed by atoms with Crippen LogP contribution in [0, 0.1) is 13.8 Å². The van der Waals surface area contributed by atoms with Crippen LogP contribution in [-0.2, 0) is 7.05 Å². The van der Waals surface area contributed by atoms with E-state index in [4.69, 9.17) is 11.6 Å². The lowest BCUT2D eigenvalue weighted by atomic mass is 10.1. The third-order valence-electron chi connectivity index (χ3n) is 3.69. The van der Waals surface area contributed by atoms with Crippen LogP contribution in [0.5, 0.6) is 0 Å². The number of fused-ring (bicyclic) bond motifs is 1. The van der Waals surface area contributed by atoms with Gasteiger partial charge in [0.2, 0.25) is 0 Å². The van der Waals surface area contributed by atoms with Crippen molar-refractivity contribution in [2.75, 3.05) is 0 Å². The average molecular weight is 331 g/mol. The second-order valence-electron chi connectivity index (χ2n) is 5.28. The Hall–Kier alpha value is -1.91. The Morgan fingerprint density at radius 2 is 1.91 bits per heavy atom. The molecular weight excluding hydrogens is 316 g/mol. The van der Waals surface area contributed by atoms with Crippen molar-refractivity contribution in [3.05, 3.63) is 62.9 Å². The fraction of sp³-hybridized carbons (Fsp3) is 0.176. The van der Waals surface area contributed by atoms with Gasteiger partial charge in [0.15, 0.2) is 4.80 Å². The molecule has 0 aliphatic carbocycles. The van der Waals surface area contributed by atoms with Crippen LogP contribution in [0.3, 0.4) is 0 Å². The first-order valence-electron chi connectivity index (χ1n) is 6.87. The van der Waals surface area contributed by atoms with Crippen LogP contribution in [0.1, 0.15) is 21.5 Å². The maximum absolute atomic E-state index is 12.3. The molecule has 0 aliphatic rings. The highest BCUT2D eigenvalue weighted by Crippen LogP contribution is 2.21. The molecule has 22 heavy (non-hydrogen) atoms. The largest absolute Gasteiger partial charge is 0.319 e. The van der Waals surface area contributed by atoms with Gasteiger partial charge in [0.05, 0.1) is 10.2 Å². The van der Waals surface area contributed by atoms with E-state index in [0.29, 0.717) is 15.4 Å². The van der Waals surface area contributed by atoms with E-state index in [1.54, 1.807) is 24.3 Å². The average Bonchev–Trinajstić information content (AvgIpc) is 2.76. The topological polar surface area (TPSA) is 34.4 Å². The quantitative estimate of drug-likeness (QED) is 0.656. The van der Waals surface area contributed by atoms with E-state index in [-0.39, 0.29) is 5.91 Å². The van der Waals surface area contributed by atoms with Crippen molar-refractivity contribution in [1.29, 1.82) is 0 Å². The highest BCUT2D eigenvalue weighted by Gasteiger charge is 2.08. The summed E-state index contributed by atoms with van der Waals surface area (Å²) in [6, 6.07) is 11.1. The van der Waals surface area contributed by atoms with Crippen LogP contribution in [0.25, 0.3) is 10.2 Å². The van der Waals surface area contributed by atoms with Gasteiger partial charge in [0.1, 0.15) is 0 Å². The predicted octanol–water partition coefficient (Wildman–Crippen LogP) is 4.25. The Kier molecular flexibility index (Phi) is 3.89. The lowest BCUT2D eigenvalue weighted by Gasteiger charge is -2.01. The zero-order chi connectivity index (χ0) is 15.9. The number of hydrogen-bond acceptors (Lipinski definition) is 2. The second kappa shape index (κ2) is 5.71. The molecule has 0 radical (unpaired) electrons. The summed E-state index contributed by atoms with van der Waals surface area (Å²) in [5.74, 6) is -0.280. The molecule has 5 heteroatoms. The molecule has 0 saturated carbocycles. The summed E-state index contributed by atoms with van der Waals surface area (Å²) in [7, 11) is 1.93. The fourth-order valence-corrected chi connectivity index (χ4v) is 3.55. The molecule has 1 heterocycles. The molecule has 3 rings (SSSR count). The zero-order valence-electron chi connectivity index (χ0n) is 12.6. The molecular formula is C17H15ClN2OS. The monoisotopic (exact) mass is 330 g/mol. The van der Waals surface area contributed by atoms with Crippen LogP contribution in [0.4, 0.5) is 0 Å². The smallest absolute Gasteiger partial charge is 0.279 e. The minimum absolute atomic E-state index is 0.280. The summed E-state index contributed by atoms with van der Waals surface area (Å²) in [4.78, 5) is 17.2. The Labute approximate surface area is 137 Å². The van der Waals surface area contributed by atoms with E-state index >= 15 is 0 Å². The molecule has 2 aromatic carbocycles. The molecule has 0 N–H and O–H groups in total. The normalized spacial score (nSPS) is 12.1. The number of carbonyl (C=O) groups is 1. The molecule has 0 saturated heterocycles. The van der Waals surface area contributed by atoms with Gasteiger partial charge in [-0.2, -0.15) is 4.99 Å². The third-order valence-corrected chi connectivity index (χ3v) is 5.02. The molecule has 0 spiro atoms. The highest BCUT2D eigenvalue weighted by molar-refractivity contribution is 7.16. The number of thiazole rings is 1. The number of aryl methyl sites for hydroxylation is 3. The van der Waals surface area contributed by atoms with Crippen LogP contribution in [0.15, 0.2) is 41.4 Å². The number of halogens is 1. The molecule has 1 aromatic heterocycles. The standard InChI is InChI=1S/C17H15ClN2OS/c1-10-7-14-15(8-11(10)2)22-17(20(14)3)19-16(21)12-5-4-6-13(18)9-12/h4-9H,1-3H3. The summed E-state index contributed by atoms with van der Waals surface area (Å²) in [6.45, 7) is 4.17. The molecule has 0 aliphatic heterocycles. The minimum Gasteiger partial charge on any atom is -0.319 e. The lowest BCUT2D eigenvalue weighted by molar-refractivity contribution is 0.0998. The zero-order valence-corrected chi connectivity index (χ0v) is 14.1. The van der Waals surface area contributed by atoms with E-state index in [1.807, 2.05) is 11.6 Å². The van der Waals surface area contributed by atoms with Crippen molar-refractivity contribution in [1.82, 2.24) is 4.57 Å².